The van der Waals surface area contributed by atoms with Crippen molar-refractivity contribution in [1.82, 2.24) is 4.90 Å². The zero-order valence-corrected chi connectivity index (χ0v) is 16.6. The van der Waals surface area contributed by atoms with Crippen LogP contribution in [-0.2, 0) is 14.3 Å². The lowest BCUT2D eigenvalue weighted by Gasteiger charge is -2.60. The van der Waals surface area contributed by atoms with Crippen LogP contribution < -0.4 is 0 Å². The van der Waals surface area contributed by atoms with E-state index in [9.17, 15) is 4.79 Å². The predicted molar refractivity (Wildman–Crippen MR) is 98.4 cm³/mol. The summed E-state index contributed by atoms with van der Waals surface area (Å²) in [6, 6.07) is 0. The largest absolute Gasteiger partial charge is 0.350 e. The molecule has 0 aromatic heterocycles. The van der Waals surface area contributed by atoms with Gasteiger partial charge in [0.15, 0.2) is 6.29 Å². The van der Waals surface area contributed by atoms with Crippen LogP contribution in [0.5, 0.6) is 0 Å². The molecule has 25 heavy (non-hydrogen) atoms. The van der Waals surface area contributed by atoms with Crippen LogP contribution >= 0.6 is 15.9 Å². The van der Waals surface area contributed by atoms with Crippen molar-refractivity contribution in [2.24, 2.45) is 23.2 Å². The van der Waals surface area contributed by atoms with Gasteiger partial charge in [-0.15, -0.1) is 0 Å². The number of carbonyl (C=O) groups excluding carboxylic acids is 1. The Labute approximate surface area is 159 Å². The molecule has 0 N–H and O–H groups in total. The molecule has 0 radical (unpaired) electrons. The summed E-state index contributed by atoms with van der Waals surface area (Å²) in [7, 11) is 0. The van der Waals surface area contributed by atoms with Crippen LogP contribution in [0.25, 0.3) is 0 Å². The van der Waals surface area contributed by atoms with Gasteiger partial charge in [-0.1, -0.05) is 15.9 Å². The fourth-order valence-corrected chi connectivity index (χ4v) is 8.59. The zero-order valence-electron chi connectivity index (χ0n) is 15.1. The molecular formula is C20H30BrNO3. The van der Waals surface area contributed by atoms with E-state index in [0.29, 0.717) is 29.4 Å². The molecule has 4 aliphatic carbocycles. The third-order valence-corrected chi connectivity index (χ3v) is 8.41. The van der Waals surface area contributed by atoms with Gasteiger partial charge in [0.05, 0.1) is 13.2 Å². The second-order valence-corrected chi connectivity index (χ2v) is 11.3. The van der Waals surface area contributed by atoms with Gasteiger partial charge in [0.25, 0.3) is 0 Å². The molecule has 2 aliphatic heterocycles. The van der Waals surface area contributed by atoms with Crippen LogP contribution in [0, 0.1) is 23.2 Å². The second-order valence-electron chi connectivity index (χ2n) is 9.64. The fraction of sp³-hybridized carbons (Fsp3) is 0.950. The zero-order chi connectivity index (χ0) is 17.1. The molecule has 2 heterocycles. The van der Waals surface area contributed by atoms with Crippen molar-refractivity contribution in [3.05, 3.63) is 0 Å². The van der Waals surface area contributed by atoms with E-state index in [1.54, 1.807) is 0 Å². The molecule has 5 heteroatoms. The van der Waals surface area contributed by atoms with Crippen LogP contribution in [0.3, 0.4) is 0 Å². The highest BCUT2D eigenvalue weighted by Gasteiger charge is 2.57. The first-order chi connectivity index (χ1) is 12.0. The monoisotopic (exact) mass is 411 g/mol. The maximum atomic E-state index is 13.2. The quantitative estimate of drug-likeness (QED) is 0.664. The van der Waals surface area contributed by atoms with E-state index in [1.165, 1.54) is 38.5 Å². The lowest BCUT2D eigenvalue weighted by molar-refractivity contribution is -0.145. The molecule has 3 unspecified atom stereocenters. The lowest BCUT2D eigenvalue weighted by Crippen LogP contribution is -2.54. The molecule has 140 valence electrons. The minimum atomic E-state index is -0.0824. The average molecular weight is 412 g/mol. The Bertz CT molecular complexity index is 533. The Hall–Kier alpha value is -0.130. The van der Waals surface area contributed by atoms with E-state index in [2.05, 4.69) is 20.8 Å². The normalized spacial score (nSPS) is 46.8. The van der Waals surface area contributed by atoms with Crippen molar-refractivity contribution in [2.45, 2.75) is 68.4 Å². The summed E-state index contributed by atoms with van der Waals surface area (Å²) in [5.41, 5.74) is 0.276. The Morgan fingerprint density at radius 3 is 2.52 bits per heavy atom. The van der Waals surface area contributed by atoms with Gasteiger partial charge in [-0.3, -0.25) is 4.79 Å². The number of alkyl halides is 1. The minimum Gasteiger partial charge on any atom is -0.350 e. The third kappa shape index (κ3) is 3.19. The Balaban J connectivity index is 1.25. The van der Waals surface area contributed by atoms with Crippen molar-refractivity contribution in [1.29, 1.82) is 0 Å². The number of carbonyl (C=O) groups is 1. The summed E-state index contributed by atoms with van der Waals surface area (Å²) >= 11 is 4.07. The van der Waals surface area contributed by atoms with Crippen molar-refractivity contribution >= 4 is 21.8 Å². The molecule has 3 atom stereocenters. The number of hydrogen-bond donors (Lipinski definition) is 0. The molecule has 0 aromatic rings. The standard InChI is InChI=1S/C20H30BrNO3/c21-20-9-14-6-15(10-20)8-19(7-14,13-20)11-17(23)22-3-1-2-16(12-22)18-24-4-5-25-18/h14-16,18H,1-13H2. The van der Waals surface area contributed by atoms with E-state index >= 15 is 0 Å². The highest BCUT2D eigenvalue weighted by atomic mass is 79.9. The van der Waals surface area contributed by atoms with E-state index < -0.39 is 0 Å². The summed E-state index contributed by atoms with van der Waals surface area (Å²) in [6.07, 6.45) is 10.8. The Morgan fingerprint density at radius 1 is 1.12 bits per heavy atom. The number of likely N-dealkylation sites (tertiary alicyclic amines) is 1. The predicted octanol–water partition coefficient (Wildman–Crippen LogP) is 3.72. The molecule has 4 nitrogen and oxygen atoms in total. The van der Waals surface area contributed by atoms with E-state index in [-0.39, 0.29) is 11.7 Å². The highest BCUT2D eigenvalue weighted by molar-refractivity contribution is 9.10. The maximum Gasteiger partial charge on any atom is 0.223 e. The number of hydrogen-bond acceptors (Lipinski definition) is 3. The van der Waals surface area contributed by atoms with Crippen LogP contribution in [-0.4, -0.2) is 47.7 Å². The summed E-state index contributed by atoms with van der Waals surface area (Å²) < 4.78 is 11.7. The van der Waals surface area contributed by atoms with Crippen LogP contribution in [0.1, 0.15) is 57.8 Å². The molecular weight excluding hydrogens is 382 g/mol. The van der Waals surface area contributed by atoms with Gasteiger partial charge in [0, 0.05) is 29.8 Å². The first-order valence-electron chi connectivity index (χ1n) is 10.2. The molecule has 6 rings (SSSR count). The van der Waals surface area contributed by atoms with Gasteiger partial charge in [-0.25, -0.2) is 0 Å². The maximum absolute atomic E-state index is 13.2. The van der Waals surface area contributed by atoms with Gasteiger partial charge in [0.2, 0.25) is 5.91 Å². The van der Waals surface area contributed by atoms with Crippen molar-refractivity contribution in [3.8, 4) is 0 Å². The number of nitrogens with zero attached hydrogens (tertiary/aromatic N) is 1. The molecule has 6 aliphatic rings. The SMILES string of the molecule is O=C(CC12CC3CC(CC(Br)(C3)C1)C2)N1CCCC(C2OCCO2)C1. The molecule has 0 spiro atoms. The number of piperidine rings is 1. The number of amides is 1. The summed E-state index contributed by atoms with van der Waals surface area (Å²) in [4.78, 5) is 15.3. The summed E-state index contributed by atoms with van der Waals surface area (Å²) in [5, 5.41) is 0. The van der Waals surface area contributed by atoms with E-state index in [4.69, 9.17) is 9.47 Å². The molecule has 4 saturated carbocycles. The minimum absolute atomic E-state index is 0.0824. The van der Waals surface area contributed by atoms with Crippen molar-refractivity contribution in [2.75, 3.05) is 26.3 Å². The first-order valence-corrected chi connectivity index (χ1v) is 11.0. The molecule has 6 fully saturated rings. The third-order valence-electron chi connectivity index (χ3n) is 7.48. The lowest BCUT2D eigenvalue weighted by atomic mass is 9.48. The van der Waals surface area contributed by atoms with Gasteiger partial charge in [-0.05, 0) is 68.6 Å². The number of ether oxygens (including phenoxy) is 2. The van der Waals surface area contributed by atoms with Crippen molar-refractivity contribution in [3.63, 3.8) is 0 Å². The Kier molecular flexibility index (Phi) is 4.22. The molecule has 1 amide bonds. The smallest absolute Gasteiger partial charge is 0.223 e. The Morgan fingerprint density at radius 2 is 1.84 bits per heavy atom. The topological polar surface area (TPSA) is 38.8 Å². The highest BCUT2D eigenvalue weighted by Crippen LogP contribution is 2.65. The summed E-state index contributed by atoms with van der Waals surface area (Å²) in [6.45, 7) is 3.15. The van der Waals surface area contributed by atoms with Gasteiger partial charge < -0.3 is 14.4 Å². The van der Waals surface area contributed by atoms with Gasteiger partial charge in [0.1, 0.15) is 0 Å². The second kappa shape index (κ2) is 6.20. The van der Waals surface area contributed by atoms with E-state index in [0.717, 1.165) is 44.2 Å². The van der Waals surface area contributed by atoms with Gasteiger partial charge >= 0.3 is 0 Å². The van der Waals surface area contributed by atoms with Crippen LogP contribution in [0.2, 0.25) is 0 Å². The van der Waals surface area contributed by atoms with Crippen molar-refractivity contribution < 1.29 is 14.3 Å². The van der Waals surface area contributed by atoms with E-state index in [1.807, 2.05) is 0 Å². The fourth-order valence-electron chi connectivity index (χ4n) is 7.08. The van der Waals surface area contributed by atoms with Crippen LogP contribution in [0.4, 0.5) is 0 Å². The molecule has 4 bridgehead atoms. The average Bonchev–Trinajstić information content (AvgIpc) is 3.06. The number of halogens is 1. The first kappa shape index (κ1) is 17.0. The molecule has 2 saturated heterocycles. The van der Waals surface area contributed by atoms with Crippen LogP contribution in [0.15, 0.2) is 0 Å². The molecule has 0 aromatic carbocycles. The summed E-state index contributed by atoms with van der Waals surface area (Å²) in [5.74, 6) is 2.45. The van der Waals surface area contributed by atoms with Gasteiger partial charge in [-0.2, -0.15) is 0 Å². The number of rotatable bonds is 3.